The first-order valence-corrected chi connectivity index (χ1v) is 7.82. The van der Waals surface area contributed by atoms with Crippen LogP contribution < -0.4 is 5.32 Å². The van der Waals surface area contributed by atoms with Crippen LogP contribution in [0.25, 0.3) is 17.1 Å². The van der Waals surface area contributed by atoms with Gasteiger partial charge in [0, 0.05) is 37.3 Å². The van der Waals surface area contributed by atoms with Crippen LogP contribution in [0.3, 0.4) is 0 Å². The van der Waals surface area contributed by atoms with E-state index in [1.54, 1.807) is 12.4 Å². The quantitative estimate of drug-likeness (QED) is 0.783. The van der Waals surface area contributed by atoms with Crippen LogP contribution in [-0.2, 0) is 11.2 Å². The molecule has 0 aliphatic carbocycles. The monoisotopic (exact) mass is 321 g/mol. The number of pyridine rings is 1. The predicted octanol–water partition coefficient (Wildman–Crippen LogP) is 2.40. The van der Waals surface area contributed by atoms with Gasteiger partial charge in [-0.05, 0) is 31.2 Å². The second kappa shape index (κ2) is 7.04. The molecule has 24 heavy (non-hydrogen) atoms. The summed E-state index contributed by atoms with van der Waals surface area (Å²) < 4.78 is 1.83. The van der Waals surface area contributed by atoms with Crippen molar-refractivity contribution in [3.05, 3.63) is 60.7 Å². The van der Waals surface area contributed by atoms with E-state index in [1.165, 1.54) is 6.92 Å². The van der Waals surface area contributed by atoms with Gasteiger partial charge in [-0.25, -0.2) is 9.67 Å². The van der Waals surface area contributed by atoms with Gasteiger partial charge in [-0.2, -0.15) is 0 Å². The van der Waals surface area contributed by atoms with Gasteiger partial charge >= 0.3 is 0 Å². The van der Waals surface area contributed by atoms with E-state index in [0.29, 0.717) is 12.2 Å². The number of amides is 1. The Hall–Kier alpha value is -3.02. The lowest BCUT2D eigenvalue weighted by atomic mass is 10.2. The first kappa shape index (κ1) is 15.9. The van der Waals surface area contributed by atoms with E-state index in [-0.39, 0.29) is 11.9 Å². The zero-order valence-electron chi connectivity index (χ0n) is 13.7. The Bertz CT molecular complexity index is 814. The third-order valence-electron chi connectivity index (χ3n) is 3.55. The molecule has 122 valence electrons. The Morgan fingerprint density at radius 3 is 2.54 bits per heavy atom. The molecule has 1 aromatic carbocycles. The van der Waals surface area contributed by atoms with Crippen LogP contribution in [0.5, 0.6) is 0 Å². The highest BCUT2D eigenvalue weighted by Gasteiger charge is 2.16. The molecule has 0 aliphatic heterocycles. The van der Waals surface area contributed by atoms with Crippen LogP contribution in [0.15, 0.2) is 54.9 Å². The third kappa shape index (κ3) is 3.65. The number of hydrogen-bond acceptors (Lipinski definition) is 4. The minimum Gasteiger partial charge on any atom is -0.353 e. The van der Waals surface area contributed by atoms with Gasteiger partial charge in [-0.1, -0.05) is 18.2 Å². The zero-order chi connectivity index (χ0) is 16.9. The van der Waals surface area contributed by atoms with Crippen LogP contribution in [0.4, 0.5) is 0 Å². The molecule has 1 amide bonds. The number of hydrogen-bond donors (Lipinski definition) is 1. The Kier molecular flexibility index (Phi) is 4.65. The van der Waals surface area contributed by atoms with Crippen molar-refractivity contribution >= 4 is 5.91 Å². The Balaban J connectivity index is 1.99. The number of aromatic nitrogens is 4. The van der Waals surface area contributed by atoms with E-state index in [4.69, 9.17) is 0 Å². The van der Waals surface area contributed by atoms with Gasteiger partial charge in [0.15, 0.2) is 5.82 Å². The lowest BCUT2D eigenvalue weighted by molar-refractivity contribution is -0.119. The van der Waals surface area contributed by atoms with Crippen LogP contribution >= 0.6 is 0 Å². The summed E-state index contributed by atoms with van der Waals surface area (Å²) in [7, 11) is 0. The molecule has 0 saturated heterocycles. The lowest BCUT2D eigenvalue weighted by Gasteiger charge is -2.12. The second-order valence-electron chi connectivity index (χ2n) is 5.64. The maximum atomic E-state index is 11.3. The topological polar surface area (TPSA) is 72.7 Å². The minimum atomic E-state index is -0.0531. The fraction of sp³-hybridized carbons (Fsp3) is 0.222. The molecule has 1 N–H and O–H groups in total. The number of carbonyl (C=O) groups is 1. The summed E-state index contributed by atoms with van der Waals surface area (Å²) >= 11 is 0. The van der Waals surface area contributed by atoms with Crippen molar-refractivity contribution in [2.45, 2.75) is 26.3 Å². The first-order valence-electron chi connectivity index (χ1n) is 7.82. The van der Waals surface area contributed by atoms with Crippen molar-refractivity contribution in [1.29, 1.82) is 0 Å². The molecule has 3 rings (SSSR count). The van der Waals surface area contributed by atoms with E-state index >= 15 is 0 Å². The number of rotatable bonds is 5. The molecule has 6 heteroatoms. The summed E-state index contributed by atoms with van der Waals surface area (Å²) in [6, 6.07) is 13.6. The van der Waals surface area contributed by atoms with Gasteiger partial charge in [0.25, 0.3) is 0 Å². The Labute approximate surface area is 140 Å². The molecule has 1 atom stereocenters. The van der Waals surface area contributed by atoms with Gasteiger partial charge in [-0.3, -0.25) is 9.78 Å². The predicted molar refractivity (Wildman–Crippen MR) is 91.6 cm³/mol. The number of carbonyl (C=O) groups excluding carboxylic acids is 1. The van der Waals surface area contributed by atoms with Gasteiger partial charge < -0.3 is 5.32 Å². The van der Waals surface area contributed by atoms with E-state index in [0.717, 1.165) is 17.1 Å². The lowest BCUT2D eigenvalue weighted by Crippen LogP contribution is -2.32. The normalized spacial score (nSPS) is 11.9. The Morgan fingerprint density at radius 1 is 1.17 bits per heavy atom. The molecular formula is C18H19N5O. The number of nitrogens with one attached hydrogen (secondary N) is 1. The van der Waals surface area contributed by atoms with E-state index < -0.39 is 0 Å². The van der Waals surface area contributed by atoms with Crippen LogP contribution in [0.1, 0.15) is 19.7 Å². The number of benzene rings is 1. The highest BCUT2D eigenvalue weighted by Crippen LogP contribution is 2.18. The van der Waals surface area contributed by atoms with E-state index in [2.05, 4.69) is 20.4 Å². The summed E-state index contributed by atoms with van der Waals surface area (Å²) in [6.07, 6.45) is 4.03. The SMILES string of the molecule is CC(=O)NC(C)Cc1nc(-c2ccncc2)nn1-c1ccccc1. The van der Waals surface area contributed by atoms with E-state index in [1.807, 2.05) is 54.1 Å². The smallest absolute Gasteiger partial charge is 0.217 e. The molecule has 0 radical (unpaired) electrons. The van der Waals surface area contributed by atoms with Gasteiger partial charge in [0.2, 0.25) is 5.91 Å². The summed E-state index contributed by atoms with van der Waals surface area (Å²) in [4.78, 5) is 20.0. The molecule has 3 aromatic rings. The average Bonchev–Trinajstić information content (AvgIpc) is 2.99. The molecule has 1 unspecified atom stereocenters. The molecule has 2 aromatic heterocycles. The molecule has 0 saturated carbocycles. The van der Waals surface area contributed by atoms with Crippen molar-refractivity contribution < 1.29 is 4.79 Å². The second-order valence-corrected chi connectivity index (χ2v) is 5.64. The fourth-order valence-corrected chi connectivity index (χ4v) is 2.55. The average molecular weight is 321 g/mol. The summed E-state index contributed by atoms with van der Waals surface area (Å²) in [5.41, 5.74) is 1.85. The van der Waals surface area contributed by atoms with Crippen molar-refractivity contribution in [2.24, 2.45) is 0 Å². The van der Waals surface area contributed by atoms with Gasteiger partial charge in [-0.15, -0.1) is 5.10 Å². The summed E-state index contributed by atoms with van der Waals surface area (Å²) in [5, 5.41) is 7.54. The molecule has 0 spiro atoms. The third-order valence-corrected chi connectivity index (χ3v) is 3.55. The van der Waals surface area contributed by atoms with Crippen molar-refractivity contribution in [3.8, 4) is 17.1 Å². The van der Waals surface area contributed by atoms with Gasteiger partial charge in [0.05, 0.1) is 5.69 Å². The van der Waals surface area contributed by atoms with Crippen LogP contribution in [0, 0.1) is 0 Å². The summed E-state index contributed by atoms with van der Waals surface area (Å²) in [5.74, 6) is 1.39. The Morgan fingerprint density at radius 2 is 1.88 bits per heavy atom. The standard InChI is InChI=1S/C18H19N5O/c1-13(20-14(2)24)12-17-21-18(15-8-10-19-11-9-15)22-23(17)16-6-4-3-5-7-16/h3-11,13H,12H2,1-2H3,(H,20,24). The number of nitrogens with zero attached hydrogens (tertiary/aromatic N) is 4. The van der Waals surface area contributed by atoms with Crippen LogP contribution in [-0.4, -0.2) is 31.7 Å². The highest BCUT2D eigenvalue weighted by atomic mass is 16.1. The maximum absolute atomic E-state index is 11.3. The summed E-state index contributed by atoms with van der Waals surface area (Å²) in [6.45, 7) is 3.47. The van der Waals surface area contributed by atoms with Gasteiger partial charge in [0.1, 0.15) is 5.82 Å². The van der Waals surface area contributed by atoms with Crippen LogP contribution in [0.2, 0.25) is 0 Å². The fourth-order valence-electron chi connectivity index (χ4n) is 2.55. The van der Waals surface area contributed by atoms with Crippen molar-refractivity contribution in [3.63, 3.8) is 0 Å². The molecule has 2 heterocycles. The first-order chi connectivity index (χ1) is 11.6. The van der Waals surface area contributed by atoms with Crippen molar-refractivity contribution in [1.82, 2.24) is 25.1 Å². The molecule has 0 bridgehead atoms. The van der Waals surface area contributed by atoms with Crippen molar-refractivity contribution in [2.75, 3.05) is 0 Å². The maximum Gasteiger partial charge on any atom is 0.217 e. The molecular weight excluding hydrogens is 302 g/mol. The van der Waals surface area contributed by atoms with E-state index in [9.17, 15) is 4.79 Å². The zero-order valence-corrected chi connectivity index (χ0v) is 13.7. The largest absolute Gasteiger partial charge is 0.353 e. The molecule has 6 nitrogen and oxygen atoms in total. The molecule has 0 fully saturated rings. The number of para-hydroxylation sites is 1. The minimum absolute atomic E-state index is 0.0283. The highest BCUT2D eigenvalue weighted by molar-refractivity contribution is 5.73. The molecule has 0 aliphatic rings.